The molecule has 0 bridgehead atoms. The molecule has 18 heavy (non-hydrogen) atoms. The standard InChI is InChI=1S/C13H26N2O3/c1-4-18-13(17)8-12(16)10-15-7-5-6-14(3)9-11(15)2/h11-12,16H,4-10H2,1-3H3. The van der Waals surface area contributed by atoms with Gasteiger partial charge in [0.25, 0.3) is 0 Å². The van der Waals surface area contributed by atoms with Gasteiger partial charge in [-0.1, -0.05) is 0 Å². The molecule has 1 aliphatic heterocycles. The van der Waals surface area contributed by atoms with E-state index in [9.17, 15) is 9.90 Å². The van der Waals surface area contributed by atoms with Crippen LogP contribution < -0.4 is 0 Å². The van der Waals surface area contributed by atoms with Crippen molar-refractivity contribution in [3.63, 3.8) is 0 Å². The van der Waals surface area contributed by atoms with Crippen molar-refractivity contribution in [3.8, 4) is 0 Å². The van der Waals surface area contributed by atoms with Gasteiger partial charge in [-0.15, -0.1) is 0 Å². The lowest BCUT2D eigenvalue weighted by atomic mass is 10.2. The van der Waals surface area contributed by atoms with E-state index in [2.05, 4.69) is 23.8 Å². The minimum Gasteiger partial charge on any atom is -0.466 e. The number of hydrogen-bond acceptors (Lipinski definition) is 5. The highest BCUT2D eigenvalue weighted by Crippen LogP contribution is 2.10. The van der Waals surface area contributed by atoms with E-state index in [1.807, 2.05) is 0 Å². The van der Waals surface area contributed by atoms with Gasteiger partial charge in [0.15, 0.2) is 0 Å². The number of esters is 1. The van der Waals surface area contributed by atoms with Crippen LogP contribution in [0.1, 0.15) is 26.7 Å². The second-order valence-electron chi connectivity index (χ2n) is 5.12. The lowest BCUT2D eigenvalue weighted by molar-refractivity contribution is -0.145. The van der Waals surface area contributed by atoms with E-state index in [1.54, 1.807) is 6.92 Å². The number of nitrogens with zero attached hydrogens (tertiary/aromatic N) is 2. The highest BCUT2D eigenvalue weighted by Gasteiger charge is 2.23. The van der Waals surface area contributed by atoms with Crippen LogP contribution >= 0.6 is 0 Å². The van der Waals surface area contributed by atoms with Gasteiger partial charge in [-0.2, -0.15) is 0 Å². The molecule has 1 N–H and O–H groups in total. The first-order valence-corrected chi connectivity index (χ1v) is 6.79. The zero-order valence-corrected chi connectivity index (χ0v) is 11.8. The third-order valence-electron chi connectivity index (χ3n) is 3.34. The Hall–Kier alpha value is -0.650. The van der Waals surface area contributed by atoms with Gasteiger partial charge >= 0.3 is 5.97 Å². The number of ether oxygens (including phenoxy) is 1. The smallest absolute Gasteiger partial charge is 0.308 e. The third-order valence-corrected chi connectivity index (χ3v) is 3.34. The predicted octanol–water partition coefficient (Wildman–Crippen LogP) is 0.327. The second-order valence-corrected chi connectivity index (χ2v) is 5.12. The van der Waals surface area contributed by atoms with E-state index >= 15 is 0 Å². The molecular formula is C13H26N2O3. The Kier molecular flexibility index (Phi) is 6.60. The summed E-state index contributed by atoms with van der Waals surface area (Å²) < 4.78 is 4.84. The molecule has 0 aromatic rings. The number of β-amino-alcohol motifs (C(OH)–C–C–N with tert-alkyl or cyclic N) is 1. The Labute approximate surface area is 110 Å². The molecule has 5 heteroatoms. The van der Waals surface area contributed by atoms with Crippen LogP contribution in [0.3, 0.4) is 0 Å². The SMILES string of the molecule is CCOC(=O)CC(O)CN1CCCN(C)CC1C. The molecule has 0 aromatic carbocycles. The van der Waals surface area contributed by atoms with Gasteiger partial charge in [0, 0.05) is 19.1 Å². The van der Waals surface area contributed by atoms with Crippen molar-refractivity contribution in [1.29, 1.82) is 0 Å². The van der Waals surface area contributed by atoms with Crippen molar-refractivity contribution in [3.05, 3.63) is 0 Å². The number of rotatable bonds is 5. The average Bonchev–Trinajstić information content (AvgIpc) is 2.41. The van der Waals surface area contributed by atoms with E-state index < -0.39 is 6.10 Å². The number of likely N-dealkylation sites (N-methyl/N-ethyl adjacent to an activating group) is 1. The summed E-state index contributed by atoms with van der Waals surface area (Å²) in [4.78, 5) is 15.9. The fourth-order valence-electron chi connectivity index (χ4n) is 2.44. The van der Waals surface area contributed by atoms with E-state index in [0.29, 0.717) is 19.2 Å². The molecule has 1 aliphatic rings. The number of carbonyl (C=O) groups excluding carboxylic acids is 1. The summed E-state index contributed by atoms with van der Waals surface area (Å²) in [5.74, 6) is -0.315. The Morgan fingerprint density at radius 3 is 2.89 bits per heavy atom. The molecule has 2 atom stereocenters. The van der Waals surface area contributed by atoms with Gasteiger partial charge in [0.2, 0.25) is 0 Å². The Bertz CT molecular complexity index is 261. The van der Waals surface area contributed by atoms with E-state index in [-0.39, 0.29) is 12.4 Å². The molecular weight excluding hydrogens is 232 g/mol. The molecule has 1 saturated heterocycles. The largest absolute Gasteiger partial charge is 0.466 e. The quantitative estimate of drug-likeness (QED) is 0.720. The summed E-state index contributed by atoms with van der Waals surface area (Å²) >= 11 is 0. The Morgan fingerprint density at radius 2 is 2.22 bits per heavy atom. The normalized spacial score (nSPS) is 24.6. The van der Waals surface area contributed by atoms with Gasteiger partial charge < -0.3 is 14.7 Å². The van der Waals surface area contributed by atoms with Crippen LogP contribution in [0.5, 0.6) is 0 Å². The zero-order valence-electron chi connectivity index (χ0n) is 11.8. The van der Waals surface area contributed by atoms with Crippen LogP contribution in [0.15, 0.2) is 0 Å². The lowest BCUT2D eigenvalue weighted by Crippen LogP contribution is -2.42. The molecule has 0 saturated carbocycles. The van der Waals surface area contributed by atoms with Crippen LogP contribution in [0, 0.1) is 0 Å². The van der Waals surface area contributed by atoms with Crippen molar-refractivity contribution in [1.82, 2.24) is 9.80 Å². The molecule has 0 amide bonds. The minimum absolute atomic E-state index is 0.0902. The molecule has 2 unspecified atom stereocenters. The van der Waals surface area contributed by atoms with Crippen LogP contribution in [0.2, 0.25) is 0 Å². The first-order valence-electron chi connectivity index (χ1n) is 6.79. The molecule has 0 spiro atoms. The van der Waals surface area contributed by atoms with Crippen LogP contribution in [-0.4, -0.2) is 72.9 Å². The summed E-state index contributed by atoms with van der Waals surface area (Å²) in [7, 11) is 2.12. The molecule has 1 fully saturated rings. The summed E-state index contributed by atoms with van der Waals surface area (Å²) in [6.45, 7) is 7.94. The molecule has 0 aromatic heterocycles. The zero-order chi connectivity index (χ0) is 13.5. The number of carbonyl (C=O) groups is 1. The van der Waals surface area contributed by atoms with Crippen molar-refractivity contribution < 1.29 is 14.6 Å². The molecule has 106 valence electrons. The van der Waals surface area contributed by atoms with Crippen LogP contribution in [0.25, 0.3) is 0 Å². The van der Waals surface area contributed by atoms with Gasteiger partial charge in [0.1, 0.15) is 0 Å². The number of hydrogen-bond donors (Lipinski definition) is 1. The van der Waals surface area contributed by atoms with Crippen molar-refractivity contribution in [2.24, 2.45) is 0 Å². The highest BCUT2D eigenvalue weighted by atomic mass is 16.5. The topological polar surface area (TPSA) is 53.0 Å². The molecule has 1 rings (SSSR count). The predicted molar refractivity (Wildman–Crippen MR) is 70.4 cm³/mol. The maximum Gasteiger partial charge on any atom is 0.308 e. The highest BCUT2D eigenvalue weighted by molar-refractivity contribution is 5.69. The van der Waals surface area contributed by atoms with Gasteiger partial charge in [-0.05, 0) is 40.4 Å². The summed E-state index contributed by atoms with van der Waals surface area (Å²) in [5.41, 5.74) is 0. The van der Waals surface area contributed by atoms with Gasteiger partial charge in [-0.3, -0.25) is 9.69 Å². The summed E-state index contributed by atoms with van der Waals surface area (Å²) in [6.07, 6.45) is 0.565. The van der Waals surface area contributed by atoms with Crippen molar-refractivity contribution in [2.75, 3.05) is 39.8 Å². The van der Waals surface area contributed by atoms with E-state index in [4.69, 9.17) is 4.74 Å². The maximum absolute atomic E-state index is 11.3. The van der Waals surface area contributed by atoms with Crippen molar-refractivity contribution in [2.45, 2.75) is 38.8 Å². The maximum atomic E-state index is 11.3. The third kappa shape index (κ3) is 5.33. The molecule has 5 nitrogen and oxygen atoms in total. The number of aliphatic hydroxyl groups excluding tert-OH is 1. The fourth-order valence-corrected chi connectivity index (χ4v) is 2.44. The Balaban J connectivity index is 2.37. The van der Waals surface area contributed by atoms with Crippen molar-refractivity contribution >= 4 is 5.97 Å². The summed E-state index contributed by atoms with van der Waals surface area (Å²) in [5, 5.41) is 9.92. The second kappa shape index (κ2) is 7.71. The summed E-state index contributed by atoms with van der Waals surface area (Å²) in [6, 6.07) is 0.411. The molecule has 0 aliphatic carbocycles. The van der Waals surface area contributed by atoms with Crippen LogP contribution in [0.4, 0.5) is 0 Å². The fraction of sp³-hybridized carbons (Fsp3) is 0.923. The molecule has 0 radical (unpaired) electrons. The lowest BCUT2D eigenvalue weighted by Gasteiger charge is -2.29. The van der Waals surface area contributed by atoms with E-state index in [1.165, 1.54) is 0 Å². The molecule has 1 heterocycles. The monoisotopic (exact) mass is 258 g/mol. The van der Waals surface area contributed by atoms with E-state index in [0.717, 1.165) is 26.1 Å². The minimum atomic E-state index is -0.630. The first-order chi connectivity index (χ1) is 8.52. The average molecular weight is 258 g/mol. The Morgan fingerprint density at radius 1 is 1.50 bits per heavy atom. The number of aliphatic hydroxyl groups is 1. The first kappa shape index (κ1) is 15.4. The van der Waals surface area contributed by atoms with Gasteiger partial charge in [-0.25, -0.2) is 0 Å². The van der Waals surface area contributed by atoms with Crippen LogP contribution in [-0.2, 0) is 9.53 Å². The van der Waals surface area contributed by atoms with Gasteiger partial charge in [0.05, 0.1) is 19.1 Å².